The summed E-state index contributed by atoms with van der Waals surface area (Å²) in [5.74, 6) is -1.52. The van der Waals surface area contributed by atoms with Crippen LogP contribution < -0.4 is 0 Å². The fourth-order valence-corrected chi connectivity index (χ4v) is 4.18. The van der Waals surface area contributed by atoms with Crippen LogP contribution in [0.5, 0.6) is 0 Å². The number of rotatable bonds is 5. The second-order valence-electron chi connectivity index (χ2n) is 6.50. The summed E-state index contributed by atoms with van der Waals surface area (Å²) < 4.78 is 1.41. The van der Waals surface area contributed by atoms with Gasteiger partial charge in [0.05, 0.1) is 4.92 Å². The van der Waals surface area contributed by atoms with Gasteiger partial charge in [-0.25, -0.2) is 4.31 Å². The summed E-state index contributed by atoms with van der Waals surface area (Å²) in [7, 11) is 0. The van der Waals surface area contributed by atoms with E-state index in [2.05, 4.69) is 12.8 Å². The molecule has 0 spiro atoms. The van der Waals surface area contributed by atoms with E-state index in [9.17, 15) is 24.8 Å². The second kappa shape index (κ2) is 6.52. The molecule has 1 aliphatic heterocycles. The minimum atomic E-state index is -1.02. The Bertz CT molecular complexity index is 708. The number of nitro benzene ring substituents is 1. The third-order valence-electron chi connectivity index (χ3n) is 4.95. The largest absolute Gasteiger partial charge is 0.480 e. The average Bonchev–Trinajstić information content (AvgIpc) is 3.08. The van der Waals surface area contributed by atoms with Gasteiger partial charge in [0, 0.05) is 31.0 Å². The first-order valence-corrected chi connectivity index (χ1v) is 8.24. The molecule has 2 aliphatic rings. The number of carboxylic acids is 1. The zero-order valence-electron chi connectivity index (χ0n) is 12.9. The molecule has 0 amide bonds. The summed E-state index contributed by atoms with van der Waals surface area (Å²) in [6.45, 7) is 0.480. The maximum absolute atomic E-state index is 12.6. The highest BCUT2D eigenvalue weighted by molar-refractivity contribution is 7.77. The molecule has 7 nitrogen and oxygen atoms in total. The van der Waals surface area contributed by atoms with Gasteiger partial charge in [-0.2, -0.15) is 0 Å². The summed E-state index contributed by atoms with van der Waals surface area (Å²) in [5.41, 5.74) is 2.02. The van der Waals surface area contributed by atoms with E-state index in [0.29, 0.717) is 32.2 Å². The predicted octanol–water partition coefficient (Wildman–Crippen LogP) is 1.89. The van der Waals surface area contributed by atoms with Crippen molar-refractivity contribution >= 4 is 30.3 Å². The number of carbonyl (C=O) groups is 2. The zero-order valence-corrected chi connectivity index (χ0v) is 13.8. The Hall–Kier alpha value is -1.93. The number of hydrogen-bond acceptors (Lipinski definition) is 6. The minimum absolute atomic E-state index is 0.0498. The second-order valence-corrected chi connectivity index (χ2v) is 7.01. The molecule has 0 saturated carbocycles. The van der Waals surface area contributed by atoms with Crippen molar-refractivity contribution in [1.29, 1.82) is 0 Å². The van der Waals surface area contributed by atoms with E-state index in [4.69, 9.17) is 0 Å². The fraction of sp³-hybridized carbons (Fsp3) is 0.500. The summed E-state index contributed by atoms with van der Waals surface area (Å²) in [6.07, 6.45) is 2.13. The summed E-state index contributed by atoms with van der Waals surface area (Å²) in [4.78, 5) is 34.3. The van der Waals surface area contributed by atoms with Gasteiger partial charge in [-0.3, -0.25) is 19.7 Å². The SMILES string of the molecule is O=C(CC1Cc2ccc([N+](=O)[O-])cc2C1)C1CCN(S)[C@@H]1C(=O)O. The third-order valence-corrected chi connectivity index (χ3v) is 5.39. The molecule has 8 heteroatoms. The molecular formula is C16H18N2O5S. The molecule has 0 radical (unpaired) electrons. The molecule has 1 fully saturated rings. The van der Waals surface area contributed by atoms with Crippen LogP contribution in [0.1, 0.15) is 24.0 Å². The van der Waals surface area contributed by atoms with Crippen molar-refractivity contribution in [2.24, 2.45) is 11.8 Å². The highest BCUT2D eigenvalue weighted by Crippen LogP contribution is 2.34. The maximum Gasteiger partial charge on any atom is 0.322 e. The molecule has 1 N–H and O–H groups in total. The van der Waals surface area contributed by atoms with Crippen molar-refractivity contribution in [3.63, 3.8) is 0 Å². The van der Waals surface area contributed by atoms with Gasteiger partial charge in [-0.05, 0) is 36.3 Å². The van der Waals surface area contributed by atoms with Crippen molar-refractivity contribution in [1.82, 2.24) is 4.31 Å². The van der Waals surface area contributed by atoms with Crippen LogP contribution in [0, 0.1) is 22.0 Å². The lowest BCUT2D eigenvalue weighted by molar-refractivity contribution is -0.384. The summed E-state index contributed by atoms with van der Waals surface area (Å²) >= 11 is 4.14. The smallest absolute Gasteiger partial charge is 0.322 e. The molecule has 3 rings (SSSR count). The van der Waals surface area contributed by atoms with Crippen LogP contribution in [0.15, 0.2) is 18.2 Å². The summed E-state index contributed by atoms with van der Waals surface area (Å²) in [6, 6.07) is 3.94. The quantitative estimate of drug-likeness (QED) is 0.478. The predicted molar refractivity (Wildman–Crippen MR) is 88.8 cm³/mol. The number of nitrogens with zero attached hydrogens (tertiary/aromatic N) is 2. The first-order chi connectivity index (χ1) is 11.4. The van der Waals surface area contributed by atoms with Crippen LogP contribution in [0.3, 0.4) is 0 Å². The van der Waals surface area contributed by atoms with E-state index in [1.165, 1.54) is 10.4 Å². The van der Waals surface area contributed by atoms with E-state index < -0.39 is 22.9 Å². The number of ketones is 1. The normalized spacial score (nSPS) is 26.3. The number of hydrogen-bond donors (Lipinski definition) is 2. The number of carboxylic acid groups (broad SMARTS) is 1. The van der Waals surface area contributed by atoms with Gasteiger partial charge in [0.15, 0.2) is 0 Å². The fourth-order valence-electron chi connectivity index (χ4n) is 3.80. The van der Waals surface area contributed by atoms with Crippen molar-refractivity contribution < 1.29 is 19.6 Å². The molecular weight excluding hydrogens is 332 g/mol. The Balaban J connectivity index is 1.66. The molecule has 128 valence electrons. The molecule has 0 aromatic heterocycles. The van der Waals surface area contributed by atoms with Gasteiger partial charge in [0.25, 0.3) is 5.69 Å². The molecule has 1 aliphatic carbocycles. The van der Waals surface area contributed by atoms with E-state index in [1.807, 2.05) is 0 Å². The van der Waals surface area contributed by atoms with Gasteiger partial charge in [0.1, 0.15) is 11.8 Å². The van der Waals surface area contributed by atoms with Crippen LogP contribution in [-0.4, -0.2) is 38.7 Å². The number of fused-ring (bicyclic) bond motifs is 1. The van der Waals surface area contributed by atoms with Gasteiger partial charge in [-0.15, -0.1) is 0 Å². The van der Waals surface area contributed by atoms with Crippen LogP contribution in [-0.2, 0) is 22.4 Å². The molecule has 1 heterocycles. The van der Waals surface area contributed by atoms with Gasteiger partial charge in [-0.1, -0.05) is 18.9 Å². The van der Waals surface area contributed by atoms with Gasteiger partial charge in [0.2, 0.25) is 0 Å². The molecule has 3 atom stereocenters. The first-order valence-electron chi connectivity index (χ1n) is 7.84. The standard InChI is InChI=1S/C16H18N2O5S/c19-14(13-3-4-17(24)15(13)16(20)21)7-9-5-10-1-2-12(18(22)23)8-11(10)6-9/h1-2,8-9,13,15,24H,3-7H2,(H,20,21)/t9?,13?,15-/m0/s1. The lowest BCUT2D eigenvalue weighted by atomic mass is 9.88. The Morgan fingerprint density at radius 2 is 2.04 bits per heavy atom. The average molecular weight is 350 g/mol. The molecule has 2 unspecified atom stereocenters. The number of non-ortho nitro benzene ring substituents is 1. The Morgan fingerprint density at radius 1 is 1.33 bits per heavy atom. The number of benzene rings is 1. The van der Waals surface area contributed by atoms with Crippen LogP contribution >= 0.6 is 12.8 Å². The highest BCUT2D eigenvalue weighted by Gasteiger charge is 2.42. The molecule has 1 aromatic rings. The highest BCUT2D eigenvalue weighted by atomic mass is 32.1. The maximum atomic E-state index is 12.6. The van der Waals surface area contributed by atoms with E-state index in [0.717, 1.165) is 11.1 Å². The Kier molecular flexibility index (Phi) is 4.60. The van der Waals surface area contributed by atoms with Crippen LogP contribution in [0.25, 0.3) is 0 Å². The Morgan fingerprint density at radius 3 is 2.71 bits per heavy atom. The van der Waals surface area contributed by atoms with Gasteiger partial charge < -0.3 is 5.11 Å². The number of Topliss-reactive ketones (excluding diaryl/α,β-unsaturated/α-hetero) is 1. The Labute approximate surface area is 144 Å². The van der Waals surface area contributed by atoms with Crippen molar-refractivity contribution in [2.75, 3.05) is 6.54 Å². The number of thiol groups is 1. The van der Waals surface area contributed by atoms with E-state index in [-0.39, 0.29) is 17.4 Å². The molecule has 0 bridgehead atoms. The number of carbonyl (C=O) groups excluding carboxylic acids is 1. The van der Waals surface area contributed by atoms with E-state index >= 15 is 0 Å². The minimum Gasteiger partial charge on any atom is -0.480 e. The van der Waals surface area contributed by atoms with E-state index in [1.54, 1.807) is 12.1 Å². The van der Waals surface area contributed by atoms with Crippen LogP contribution in [0.2, 0.25) is 0 Å². The lowest BCUT2D eigenvalue weighted by Crippen LogP contribution is -2.38. The topological polar surface area (TPSA) is 101 Å². The molecule has 1 aromatic carbocycles. The molecule has 24 heavy (non-hydrogen) atoms. The summed E-state index contributed by atoms with van der Waals surface area (Å²) in [5, 5.41) is 20.1. The zero-order chi connectivity index (χ0) is 17.4. The number of aliphatic carboxylic acids is 1. The monoisotopic (exact) mass is 350 g/mol. The number of nitro groups is 1. The first kappa shape index (κ1) is 16.9. The van der Waals surface area contributed by atoms with Crippen molar-refractivity contribution in [2.45, 2.75) is 31.7 Å². The van der Waals surface area contributed by atoms with Crippen molar-refractivity contribution in [3.05, 3.63) is 39.4 Å². The molecule has 1 saturated heterocycles. The lowest BCUT2D eigenvalue weighted by Gasteiger charge is -2.20. The van der Waals surface area contributed by atoms with Gasteiger partial charge >= 0.3 is 5.97 Å². The third kappa shape index (κ3) is 3.16. The van der Waals surface area contributed by atoms with Crippen LogP contribution in [0.4, 0.5) is 5.69 Å². The van der Waals surface area contributed by atoms with Crippen molar-refractivity contribution in [3.8, 4) is 0 Å².